The van der Waals surface area contributed by atoms with Crippen molar-refractivity contribution in [3.8, 4) is 0 Å². The minimum atomic E-state index is -0.651. The van der Waals surface area contributed by atoms with Gasteiger partial charge in [-0.2, -0.15) is 0 Å². The lowest BCUT2D eigenvalue weighted by atomic mass is 9.92. The topological polar surface area (TPSA) is 46.2 Å². The van der Waals surface area contributed by atoms with Crippen LogP contribution in [0.2, 0.25) is 10.0 Å². The first-order valence-electron chi connectivity index (χ1n) is 5.92. The predicted octanol–water partition coefficient (Wildman–Crippen LogP) is 4.14. The number of halogens is 2. The van der Waals surface area contributed by atoms with E-state index in [1.165, 1.54) is 0 Å². The summed E-state index contributed by atoms with van der Waals surface area (Å²) in [5.74, 6) is -0.234. The average Bonchev–Trinajstić information content (AvgIpc) is 2.79. The smallest absolute Gasteiger partial charge is 0.0962 e. The Labute approximate surface area is 126 Å². The van der Waals surface area contributed by atoms with Gasteiger partial charge in [0, 0.05) is 32.3 Å². The summed E-state index contributed by atoms with van der Waals surface area (Å²) in [4.78, 5) is 2.06. The molecule has 0 amide bonds. The van der Waals surface area contributed by atoms with Crippen LogP contribution in [0, 0.1) is 6.92 Å². The highest BCUT2D eigenvalue weighted by Gasteiger charge is 2.24. The van der Waals surface area contributed by atoms with Gasteiger partial charge in [0.1, 0.15) is 0 Å². The molecule has 102 valence electrons. The molecule has 2 nitrogen and oxygen atoms in total. The van der Waals surface area contributed by atoms with Gasteiger partial charge in [-0.25, -0.2) is 0 Å². The predicted molar refractivity (Wildman–Crippen MR) is 82.3 cm³/mol. The van der Waals surface area contributed by atoms with Crippen LogP contribution in [0.1, 0.15) is 27.3 Å². The SMILES string of the molecule is Cc1ccc(C(O)C(CN)c2ccc(Cl)cc2Cl)s1. The molecule has 2 aromatic rings. The summed E-state index contributed by atoms with van der Waals surface area (Å²) >= 11 is 13.6. The third-order valence-electron chi connectivity index (χ3n) is 3.05. The van der Waals surface area contributed by atoms with Gasteiger partial charge in [-0.05, 0) is 36.8 Å². The standard InChI is InChI=1S/C14H15Cl2NOS/c1-8-2-5-13(19-8)14(18)11(7-17)10-4-3-9(15)6-12(10)16/h2-6,11,14,18H,7,17H2,1H3. The first-order chi connectivity index (χ1) is 9.02. The Hall–Kier alpha value is -0.580. The zero-order valence-corrected chi connectivity index (χ0v) is 12.8. The van der Waals surface area contributed by atoms with Crippen LogP contribution in [-0.2, 0) is 0 Å². The van der Waals surface area contributed by atoms with Crippen LogP contribution in [0.5, 0.6) is 0 Å². The molecule has 1 aromatic heterocycles. The van der Waals surface area contributed by atoms with Crippen molar-refractivity contribution in [1.29, 1.82) is 0 Å². The Bertz CT molecular complexity index is 570. The summed E-state index contributed by atoms with van der Waals surface area (Å²) < 4.78 is 0. The molecule has 0 aliphatic heterocycles. The van der Waals surface area contributed by atoms with E-state index in [9.17, 15) is 5.11 Å². The first kappa shape index (κ1) is 14.8. The Morgan fingerprint density at radius 1 is 1.26 bits per heavy atom. The molecule has 1 aromatic carbocycles. The number of hydrogen-bond donors (Lipinski definition) is 2. The molecule has 2 unspecified atom stereocenters. The minimum absolute atomic E-state index is 0.234. The van der Waals surface area contributed by atoms with Crippen LogP contribution < -0.4 is 5.73 Å². The molecule has 5 heteroatoms. The van der Waals surface area contributed by atoms with Crippen molar-refractivity contribution in [3.05, 3.63) is 55.7 Å². The van der Waals surface area contributed by atoms with Crippen molar-refractivity contribution >= 4 is 34.5 Å². The van der Waals surface area contributed by atoms with Gasteiger partial charge in [-0.15, -0.1) is 11.3 Å². The monoisotopic (exact) mass is 315 g/mol. The number of aliphatic hydroxyl groups is 1. The molecular weight excluding hydrogens is 301 g/mol. The van der Waals surface area contributed by atoms with Crippen LogP contribution >= 0.6 is 34.5 Å². The Morgan fingerprint density at radius 2 is 2.00 bits per heavy atom. The highest BCUT2D eigenvalue weighted by Crippen LogP contribution is 2.37. The number of aryl methyl sites for hydroxylation is 1. The molecule has 0 bridgehead atoms. The Kier molecular flexibility index (Phi) is 4.87. The molecule has 0 radical (unpaired) electrons. The van der Waals surface area contributed by atoms with Gasteiger partial charge in [0.15, 0.2) is 0 Å². The Morgan fingerprint density at radius 3 is 2.53 bits per heavy atom. The third kappa shape index (κ3) is 3.30. The van der Waals surface area contributed by atoms with Gasteiger partial charge in [0.05, 0.1) is 6.10 Å². The maximum Gasteiger partial charge on any atom is 0.0962 e. The maximum absolute atomic E-state index is 10.5. The van der Waals surface area contributed by atoms with Gasteiger partial charge < -0.3 is 10.8 Å². The lowest BCUT2D eigenvalue weighted by Gasteiger charge is -2.22. The average molecular weight is 316 g/mol. The summed E-state index contributed by atoms with van der Waals surface area (Å²) in [6, 6.07) is 9.18. The van der Waals surface area contributed by atoms with Crippen molar-refractivity contribution in [2.75, 3.05) is 6.54 Å². The lowest BCUT2D eigenvalue weighted by molar-refractivity contribution is 0.151. The fraction of sp³-hybridized carbons (Fsp3) is 0.286. The normalized spacial score (nSPS) is 14.4. The number of rotatable bonds is 4. The van der Waals surface area contributed by atoms with Crippen molar-refractivity contribution < 1.29 is 5.11 Å². The number of nitrogens with two attached hydrogens (primary N) is 1. The largest absolute Gasteiger partial charge is 0.387 e. The van der Waals surface area contributed by atoms with Crippen LogP contribution in [0.3, 0.4) is 0 Å². The Balaban J connectivity index is 2.33. The van der Waals surface area contributed by atoms with Gasteiger partial charge in [-0.1, -0.05) is 29.3 Å². The third-order valence-corrected chi connectivity index (χ3v) is 4.68. The van der Waals surface area contributed by atoms with E-state index in [0.29, 0.717) is 16.6 Å². The zero-order valence-electron chi connectivity index (χ0n) is 10.4. The van der Waals surface area contributed by atoms with Crippen LogP contribution in [0.15, 0.2) is 30.3 Å². The van der Waals surface area contributed by atoms with Crippen LogP contribution in [0.25, 0.3) is 0 Å². The van der Waals surface area contributed by atoms with E-state index in [4.69, 9.17) is 28.9 Å². The number of hydrogen-bond acceptors (Lipinski definition) is 3. The quantitative estimate of drug-likeness (QED) is 0.890. The molecule has 19 heavy (non-hydrogen) atoms. The van der Waals surface area contributed by atoms with Gasteiger partial charge in [0.25, 0.3) is 0 Å². The van der Waals surface area contributed by atoms with Crippen molar-refractivity contribution in [2.45, 2.75) is 18.9 Å². The van der Waals surface area contributed by atoms with E-state index in [0.717, 1.165) is 15.3 Å². The molecule has 0 saturated heterocycles. The summed E-state index contributed by atoms with van der Waals surface area (Å²) in [5, 5.41) is 11.6. The molecule has 2 rings (SSSR count). The van der Waals surface area contributed by atoms with E-state index < -0.39 is 6.10 Å². The fourth-order valence-corrected chi connectivity index (χ4v) is 3.52. The number of aliphatic hydroxyl groups excluding tert-OH is 1. The molecule has 0 aliphatic carbocycles. The first-order valence-corrected chi connectivity index (χ1v) is 7.49. The zero-order chi connectivity index (χ0) is 14.0. The summed E-state index contributed by atoms with van der Waals surface area (Å²) in [5.41, 5.74) is 6.64. The van der Waals surface area contributed by atoms with Crippen LogP contribution in [0.4, 0.5) is 0 Å². The second-order valence-corrected chi connectivity index (χ2v) is 6.56. The van der Waals surface area contributed by atoms with E-state index in [-0.39, 0.29) is 5.92 Å². The van der Waals surface area contributed by atoms with E-state index >= 15 is 0 Å². The van der Waals surface area contributed by atoms with E-state index in [1.54, 1.807) is 23.5 Å². The van der Waals surface area contributed by atoms with Gasteiger partial charge >= 0.3 is 0 Å². The molecule has 0 aliphatic rings. The summed E-state index contributed by atoms with van der Waals surface area (Å²) in [6.07, 6.45) is -0.651. The van der Waals surface area contributed by atoms with Crippen molar-refractivity contribution in [3.63, 3.8) is 0 Å². The fourth-order valence-electron chi connectivity index (χ4n) is 2.04. The lowest BCUT2D eigenvalue weighted by Crippen LogP contribution is -2.20. The second-order valence-electron chi connectivity index (χ2n) is 4.40. The highest BCUT2D eigenvalue weighted by atomic mass is 35.5. The number of thiophene rings is 1. The van der Waals surface area contributed by atoms with Crippen LogP contribution in [-0.4, -0.2) is 11.7 Å². The van der Waals surface area contributed by atoms with Gasteiger partial charge in [-0.3, -0.25) is 0 Å². The highest BCUT2D eigenvalue weighted by molar-refractivity contribution is 7.12. The van der Waals surface area contributed by atoms with Crippen molar-refractivity contribution in [2.24, 2.45) is 5.73 Å². The van der Waals surface area contributed by atoms with E-state index in [1.807, 2.05) is 25.1 Å². The van der Waals surface area contributed by atoms with Gasteiger partial charge in [0.2, 0.25) is 0 Å². The van der Waals surface area contributed by atoms with E-state index in [2.05, 4.69) is 0 Å². The van der Waals surface area contributed by atoms with Crippen molar-refractivity contribution in [1.82, 2.24) is 0 Å². The summed E-state index contributed by atoms with van der Waals surface area (Å²) in [7, 11) is 0. The molecule has 0 spiro atoms. The molecule has 3 N–H and O–H groups in total. The summed E-state index contributed by atoms with van der Waals surface area (Å²) in [6.45, 7) is 2.33. The molecule has 0 saturated carbocycles. The molecular formula is C14H15Cl2NOS. The minimum Gasteiger partial charge on any atom is -0.387 e. The molecule has 1 heterocycles. The molecule has 0 fully saturated rings. The second kappa shape index (κ2) is 6.25. The molecule has 2 atom stereocenters. The number of benzene rings is 1. The maximum atomic E-state index is 10.5.